The van der Waals surface area contributed by atoms with Gasteiger partial charge in [-0.2, -0.15) is 4.31 Å². The highest BCUT2D eigenvalue weighted by atomic mass is 32.2. The summed E-state index contributed by atoms with van der Waals surface area (Å²) in [5.74, 6) is -1.02. The van der Waals surface area contributed by atoms with Crippen LogP contribution < -0.4 is 15.4 Å². The fraction of sp³-hybridized carbons (Fsp3) is 0.576. The number of fused-ring (bicyclic) bond motifs is 1. The minimum atomic E-state index is -4.05. The topological polar surface area (TPSA) is 219 Å². The lowest BCUT2D eigenvalue weighted by molar-refractivity contribution is -0.139. The molecule has 2 aliphatic heterocycles. The Bertz CT molecular complexity index is 1590. The number of sulfonamides is 1. The Morgan fingerprint density at radius 2 is 1.75 bits per heavy atom. The number of ether oxygens (including phenoxy) is 4. The average molecular weight is 758 g/mol. The van der Waals surface area contributed by atoms with Gasteiger partial charge in [-0.3, -0.25) is 9.09 Å². The van der Waals surface area contributed by atoms with E-state index in [1.807, 2.05) is 13.8 Å². The number of hydrogen-bond donors (Lipinski definition) is 5. The number of carboxylic acids is 1. The predicted octanol–water partition coefficient (Wildman–Crippen LogP) is 2.18. The van der Waals surface area contributed by atoms with Gasteiger partial charge < -0.3 is 44.7 Å². The first-order valence-electron chi connectivity index (χ1n) is 16.7. The highest BCUT2D eigenvalue weighted by molar-refractivity contribution is 7.89. The van der Waals surface area contributed by atoms with E-state index in [4.69, 9.17) is 24.1 Å². The van der Waals surface area contributed by atoms with Crippen molar-refractivity contribution in [1.29, 1.82) is 0 Å². The maximum absolute atomic E-state index is 13.8. The van der Waals surface area contributed by atoms with E-state index in [1.165, 1.54) is 23.5 Å². The number of aliphatic hydroxyl groups excluding tert-OH is 1. The second-order valence-electron chi connectivity index (χ2n) is 12.9. The van der Waals surface area contributed by atoms with Gasteiger partial charge in [0, 0.05) is 26.2 Å². The Labute approximate surface area is 297 Å². The number of nitrogens with one attached hydrogen (secondary N) is 2. The minimum absolute atomic E-state index is 0.0356. The molecule has 51 heavy (non-hydrogen) atoms. The number of hydrogen-bond acceptors (Lipinski definition) is 12. The quantitative estimate of drug-likeness (QED) is 0.0966. The molecule has 2 heterocycles. The molecule has 2 aromatic rings. The maximum Gasteiger partial charge on any atom is 0.407 e. The van der Waals surface area contributed by atoms with E-state index in [9.17, 15) is 32.6 Å². The highest BCUT2D eigenvalue weighted by Crippen LogP contribution is 2.40. The highest BCUT2D eigenvalue weighted by Gasteiger charge is 2.44. The molecule has 5 N–H and O–H groups in total. The molecule has 284 valence electrons. The van der Waals surface area contributed by atoms with Crippen molar-refractivity contribution in [2.45, 2.75) is 62.7 Å². The van der Waals surface area contributed by atoms with Gasteiger partial charge in [-0.15, -0.1) is 0 Å². The SMILES string of the molecule is COc1ccc(S(=O)(=O)N(CC(C)C)C[C@@H](O)[C@H](Cc2ccc(CNCCP(=O)(O)OCC(=O)O)cc2)NC(=O)O[C@H]2CO[C@H]3OCC[C@H]32)cc1. The van der Waals surface area contributed by atoms with Crippen LogP contribution in [0.15, 0.2) is 53.4 Å². The van der Waals surface area contributed by atoms with Crippen LogP contribution in [-0.2, 0) is 51.1 Å². The van der Waals surface area contributed by atoms with Gasteiger partial charge in [-0.1, -0.05) is 38.1 Å². The smallest absolute Gasteiger partial charge is 0.407 e. The van der Waals surface area contributed by atoms with Gasteiger partial charge in [-0.25, -0.2) is 18.0 Å². The van der Waals surface area contributed by atoms with Gasteiger partial charge in [-0.05, 0) is 54.2 Å². The molecule has 0 aromatic heterocycles. The van der Waals surface area contributed by atoms with Crippen molar-refractivity contribution in [2.75, 3.05) is 52.7 Å². The molecule has 1 unspecified atom stereocenters. The Morgan fingerprint density at radius 1 is 1.06 bits per heavy atom. The van der Waals surface area contributed by atoms with Gasteiger partial charge in [0.1, 0.15) is 11.9 Å². The van der Waals surface area contributed by atoms with Crippen molar-refractivity contribution < 1.29 is 61.1 Å². The third kappa shape index (κ3) is 12.2. The summed E-state index contributed by atoms with van der Waals surface area (Å²) >= 11 is 0. The molecule has 0 aliphatic carbocycles. The molecule has 2 aromatic carbocycles. The lowest BCUT2D eigenvalue weighted by Crippen LogP contribution is -2.51. The summed E-state index contributed by atoms with van der Waals surface area (Å²) < 4.78 is 67.2. The van der Waals surface area contributed by atoms with Crippen LogP contribution in [0.5, 0.6) is 5.75 Å². The molecule has 16 nitrogen and oxygen atoms in total. The van der Waals surface area contributed by atoms with Crippen molar-refractivity contribution in [1.82, 2.24) is 14.9 Å². The number of carbonyl (C=O) groups is 2. The van der Waals surface area contributed by atoms with E-state index in [-0.39, 0.29) is 55.6 Å². The molecule has 2 fully saturated rings. The van der Waals surface area contributed by atoms with E-state index < -0.39 is 60.8 Å². The number of carbonyl (C=O) groups excluding carboxylic acids is 1. The van der Waals surface area contributed by atoms with Gasteiger partial charge in [0.15, 0.2) is 12.9 Å². The van der Waals surface area contributed by atoms with Crippen LogP contribution >= 0.6 is 7.60 Å². The second kappa shape index (κ2) is 18.6. The molecule has 2 aliphatic rings. The standard InChI is InChI=1S/C33H48N3O13PS/c1-22(2)18-36(51(43,44)26-10-8-25(45-3)9-11-26)19-29(37)28(35-33(40)49-30-20-47-32-27(30)12-14-46-32)16-23-4-6-24(7-5-23)17-34-13-15-50(41,42)48-21-31(38)39/h4-11,22,27-30,32,34,37H,12-21H2,1-3H3,(H,35,40)(H,38,39)(H,41,42)/t27-,28-,29+,30-,32+/m0/s1. The van der Waals surface area contributed by atoms with Crippen LogP contribution in [0.25, 0.3) is 0 Å². The van der Waals surface area contributed by atoms with Crippen LogP contribution in [0, 0.1) is 11.8 Å². The summed E-state index contributed by atoms with van der Waals surface area (Å²) in [5.41, 5.74) is 1.55. The van der Waals surface area contributed by atoms with Gasteiger partial charge in [0.2, 0.25) is 10.0 Å². The van der Waals surface area contributed by atoms with E-state index in [0.717, 1.165) is 11.1 Å². The normalized spacial score (nSPS) is 21.2. The Kier molecular flexibility index (Phi) is 14.8. The number of aliphatic hydroxyl groups is 1. The number of carboxylic acid groups (broad SMARTS) is 1. The molecular formula is C33H48N3O13PS. The first-order chi connectivity index (χ1) is 24.2. The van der Waals surface area contributed by atoms with Crippen LogP contribution in [0.3, 0.4) is 0 Å². The first-order valence-corrected chi connectivity index (χ1v) is 19.9. The fourth-order valence-electron chi connectivity index (χ4n) is 5.79. The number of aliphatic carboxylic acids is 1. The largest absolute Gasteiger partial charge is 0.497 e. The summed E-state index contributed by atoms with van der Waals surface area (Å²) in [6.07, 6.45) is -2.53. The van der Waals surface area contributed by atoms with E-state index in [2.05, 4.69) is 15.2 Å². The molecule has 0 saturated carbocycles. The summed E-state index contributed by atoms with van der Waals surface area (Å²) in [6, 6.07) is 12.2. The lowest BCUT2D eigenvalue weighted by Gasteiger charge is -2.31. The molecule has 18 heteroatoms. The van der Waals surface area contributed by atoms with E-state index in [0.29, 0.717) is 25.3 Å². The summed E-state index contributed by atoms with van der Waals surface area (Å²) in [4.78, 5) is 33.6. The number of benzene rings is 2. The van der Waals surface area contributed by atoms with Crippen molar-refractivity contribution in [3.05, 3.63) is 59.7 Å². The number of nitrogens with zero attached hydrogens (tertiary/aromatic N) is 1. The Morgan fingerprint density at radius 3 is 2.39 bits per heavy atom. The zero-order valence-corrected chi connectivity index (χ0v) is 30.6. The maximum atomic E-state index is 13.8. The zero-order chi connectivity index (χ0) is 37.2. The fourth-order valence-corrected chi connectivity index (χ4v) is 8.29. The molecule has 0 spiro atoms. The molecule has 0 radical (unpaired) electrons. The second-order valence-corrected chi connectivity index (χ2v) is 16.8. The van der Waals surface area contributed by atoms with Gasteiger partial charge in [0.25, 0.3) is 0 Å². The summed E-state index contributed by atoms with van der Waals surface area (Å²) in [6.45, 7) is 3.79. The van der Waals surface area contributed by atoms with E-state index in [1.54, 1.807) is 36.4 Å². The summed E-state index contributed by atoms with van der Waals surface area (Å²) in [5, 5.41) is 26.0. The minimum Gasteiger partial charge on any atom is -0.497 e. The van der Waals surface area contributed by atoms with Gasteiger partial charge >= 0.3 is 19.7 Å². The Balaban J connectivity index is 1.45. The van der Waals surface area contributed by atoms with Crippen molar-refractivity contribution in [3.63, 3.8) is 0 Å². The molecule has 4 rings (SSSR count). The number of methoxy groups -OCH3 is 1. The van der Waals surface area contributed by atoms with Crippen LogP contribution in [0.2, 0.25) is 0 Å². The molecular weight excluding hydrogens is 709 g/mol. The predicted molar refractivity (Wildman–Crippen MR) is 184 cm³/mol. The van der Waals surface area contributed by atoms with Crippen molar-refractivity contribution >= 4 is 29.7 Å². The molecule has 6 atom stereocenters. The Hall–Kier alpha value is -3.12. The third-order valence-corrected chi connectivity index (χ3v) is 11.6. The summed E-state index contributed by atoms with van der Waals surface area (Å²) in [7, 11) is -6.61. The number of amides is 1. The van der Waals surface area contributed by atoms with Gasteiger partial charge in [0.05, 0.1) is 49.4 Å². The van der Waals surface area contributed by atoms with Crippen LogP contribution in [0.1, 0.15) is 31.4 Å². The van der Waals surface area contributed by atoms with Crippen LogP contribution in [-0.4, -0.2) is 117 Å². The third-order valence-electron chi connectivity index (χ3n) is 8.44. The van der Waals surface area contributed by atoms with Crippen molar-refractivity contribution in [2.24, 2.45) is 11.8 Å². The molecule has 2 saturated heterocycles. The first kappa shape index (κ1) is 40.6. The van der Waals surface area contributed by atoms with Crippen molar-refractivity contribution in [3.8, 4) is 5.75 Å². The number of rotatable bonds is 20. The van der Waals surface area contributed by atoms with Crippen LogP contribution in [0.4, 0.5) is 4.79 Å². The average Bonchev–Trinajstić information content (AvgIpc) is 3.71. The molecule has 0 bridgehead atoms. The molecule has 1 amide bonds. The lowest BCUT2D eigenvalue weighted by atomic mass is 10.00. The van der Waals surface area contributed by atoms with E-state index >= 15 is 0 Å². The zero-order valence-electron chi connectivity index (χ0n) is 28.9. The number of alkyl carbamates (subject to hydrolysis) is 1. The monoisotopic (exact) mass is 757 g/mol.